The minimum atomic E-state index is -0.487. The third-order valence-electron chi connectivity index (χ3n) is 6.58. The first kappa shape index (κ1) is 22.5. The van der Waals surface area contributed by atoms with Crippen LogP contribution in [0.1, 0.15) is 19.8 Å². The van der Waals surface area contributed by atoms with E-state index in [1.54, 1.807) is 6.07 Å². The normalized spacial score (nSPS) is 23.5. The predicted molar refractivity (Wildman–Crippen MR) is 126 cm³/mol. The highest BCUT2D eigenvalue weighted by molar-refractivity contribution is 9.10. The Morgan fingerprint density at radius 1 is 1.31 bits per heavy atom. The molecule has 1 N–H and O–H groups in total. The fourth-order valence-corrected chi connectivity index (χ4v) is 5.04. The number of nitrogens with zero attached hydrogens (tertiary/aromatic N) is 4. The largest absolute Gasteiger partial charge is 0.463 e. The summed E-state index contributed by atoms with van der Waals surface area (Å²) in [4.78, 5) is 13.8. The van der Waals surface area contributed by atoms with Crippen LogP contribution in [-0.4, -0.2) is 80.0 Å². The summed E-state index contributed by atoms with van der Waals surface area (Å²) in [5.74, 6) is 0.184. The molecule has 7 nitrogen and oxygen atoms in total. The van der Waals surface area contributed by atoms with E-state index in [0.717, 1.165) is 65.3 Å². The lowest BCUT2D eigenvalue weighted by Crippen LogP contribution is -2.49. The lowest BCUT2D eigenvalue weighted by atomic mass is 10.1. The number of halogens is 3. The van der Waals surface area contributed by atoms with Gasteiger partial charge < -0.3 is 19.7 Å². The van der Waals surface area contributed by atoms with Gasteiger partial charge in [0, 0.05) is 56.1 Å². The van der Waals surface area contributed by atoms with Crippen LogP contribution < -0.4 is 15.0 Å². The fraction of sp³-hybridized carbons (Fsp3) is 0.636. The zero-order chi connectivity index (χ0) is 22.3. The van der Waals surface area contributed by atoms with Crippen molar-refractivity contribution in [3.63, 3.8) is 0 Å². The van der Waals surface area contributed by atoms with Crippen molar-refractivity contribution in [1.82, 2.24) is 20.2 Å². The predicted octanol–water partition coefficient (Wildman–Crippen LogP) is 3.47. The lowest BCUT2D eigenvalue weighted by Gasteiger charge is -2.33. The summed E-state index contributed by atoms with van der Waals surface area (Å²) in [5, 5.41) is 4.34. The number of rotatable bonds is 6. The Morgan fingerprint density at radius 2 is 2.09 bits per heavy atom. The Balaban J connectivity index is 1.42. The number of anilines is 1. The number of benzene rings is 1. The van der Waals surface area contributed by atoms with E-state index in [0.29, 0.717) is 28.9 Å². The number of nitrogens with one attached hydrogen (secondary N) is 1. The average Bonchev–Trinajstić information content (AvgIpc) is 3.56. The van der Waals surface area contributed by atoms with E-state index >= 15 is 4.39 Å². The van der Waals surface area contributed by atoms with Crippen molar-refractivity contribution in [2.45, 2.75) is 25.8 Å². The maximum atomic E-state index is 15.1. The van der Waals surface area contributed by atoms with E-state index < -0.39 is 5.82 Å². The molecule has 3 fully saturated rings. The Labute approximate surface area is 200 Å². The summed E-state index contributed by atoms with van der Waals surface area (Å²) in [7, 11) is 0. The molecular formula is C22H28BrClFN5O2. The first-order chi connectivity index (χ1) is 15.4. The molecule has 0 spiro atoms. The van der Waals surface area contributed by atoms with Crippen LogP contribution in [0.4, 0.5) is 10.2 Å². The molecule has 1 atom stereocenters. The highest BCUT2D eigenvalue weighted by Crippen LogP contribution is 2.46. The van der Waals surface area contributed by atoms with Crippen LogP contribution >= 0.6 is 27.5 Å². The van der Waals surface area contributed by atoms with Gasteiger partial charge in [0.25, 0.3) is 0 Å². The number of hydrogen-bond acceptors (Lipinski definition) is 7. The van der Waals surface area contributed by atoms with Gasteiger partial charge in [-0.25, -0.2) is 4.39 Å². The summed E-state index contributed by atoms with van der Waals surface area (Å²) >= 11 is 9.52. The van der Waals surface area contributed by atoms with E-state index in [-0.39, 0.29) is 21.4 Å². The van der Waals surface area contributed by atoms with E-state index in [9.17, 15) is 0 Å². The van der Waals surface area contributed by atoms with Crippen LogP contribution in [0.3, 0.4) is 0 Å². The van der Waals surface area contributed by atoms with Gasteiger partial charge in [0.1, 0.15) is 11.3 Å². The molecule has 2 saturated heterocycles. The van der Waals surface area contributed by atoms with Crippen LogP contribution in [0.5, 0.6) is 6.01 Å². The molecule has 32 heavy (non-hydrogen) atoms. The van der Waals surface area contributed by atoms with Gasteiger partial charge >= 0.3 is 6.01 Å². The molecule has 0 amide bonds. The summed E-state index contributed by atoms with van der Waals surface area (Å²) in [6.45, 7) is 9.50. The van der Waals surface area contributed by atoms with Crippen LogP contribution in [0.2, 0.25) is 5.02 Å². The topological polar surface area (TPSA) is 62.8 Å². The van der Waals surface area contributed by atoms with E-state index in [1.807, 2.05) is 0 Å². The second-order valence-corrected chi connectivity index (χ2v) is 10.4. The molecule has 5 rings (SSSR count). The van der Waals surface area contributed by atoms with Gasteiger partial charge in [-0.05, 0) is 41.8 Å². The zero-order valence-corrected chi connectivity index (χ0v) is 20.5. The molecule has 174 valence electrons. The average molecular weight is 529 g/mol. The van der Waals surface area contributed by atoms with Crippen molar-refractivity contribution in [2.24, 2.45) is 5.41 Å². The minimum absolute atomic E-state index is 0.124. The number of piperazine rings is 1. The summed E-state index contributed by atoms with van der Waals surface area (Å²) in [6.07, 6.45) is 2.24. The SMILES string of the molecule is C[C@@H]1CN(c2nc(OCC3(CN4CCOCC4)CC3)nc3c(F)c(Br)c(Cl)cc23)CCN1. The molecule has 10 heteroatoms. The third-order valence-corrected chi connectivity index (χ3v) is 7.88. The Morgan fingerprint density at radius 3 is 2.81 bits per heavy atom. The summed E-state index contributed by atoms with van der Waals surface area (Å²) in [6, 6.07) is 2.26. The standard InChI is InChI=1S/C22H28BrClFN5O2/c1-14-11-30(5-4-26-14)20-15-10-16(24)17(23)18(25)19(15)27-21(28-20)32-13-22(2-3-22)12-29-6-8-31-9-7-29/h10,14,26H,2-9,11-13H2,1H3/t14-/m1/s1. The van der Waals surface area contributed by atoms with Crippen LogP contribution in [0.25, 0.3) is 10.9 Å². The van der Waals surface area contributed by atoms with Gasteiger partial charge in [0.2, 0.25) is 0 Å². The Hall–Kier alpha value is -1.26. The van der Waals surface area contributed by atoms with Crippen molar-refractivity contribution in [2.75, 3.05) is 64.0 Å². The van der Waals surface area contributed by atoms with E-state index in [1.165, 1.54) is 0 Å². The number of morpholine rings is 1. The summed E-state index contributed by atoms with van der Waals surface area (Å²) in [5.41, 5.74) is 0.351. The maximum absolute atomic E-state index is 15.1. The van der Waals surface area contributed by atoms with E-state index in [2.05, 4.69) is 43.0 Å². The monoisotopic (exact) mass is 527 g/mol. The smallest absolute Gasteiger partial charge is 0.319 e. The second kappa shape index (κ2) is 9.18. The lowest BCUT2D eigenvalue weighted by molar-refractivity contribution is 0.0231. The molecule has 0 unspecified atom stereocenters. The van der Waals surface area contributed by atoms with Gasteiger partial charge in [-0.3, -0.25) is 4.90 Å². The molecule has 1 aliphatic carbocycles. The molecule has 1 saturated carbocycles. The van der Waals surface area contributed by atoms with Gasteiger partial charge in [-0.1, -0.05) is 11.6 Å². The molecule has 0 radical (unpaired) electrons. The number of ether oxygens (including phenoxy) is 2. The fourth-order valence-electron chi connectivity index (χ4n) is 4.54. The molecule has 1 aromatic carbocycles. The Kier molecular flexibility index (Phi) is 6.46. The van der Waals surface area contributed by atoms with Gasteiger partial charge in [-0.15, -0.1) is 0 Å². The molecule has 0 bridgehead atoms. The zero-order valence-electron chi connectivity index (χ0n) is 18.2. The second-order valence-electron chi connectivity index (χ2n) is 9.19. The first-order valence-electron chi connectivity index (χ1n) is 11.2. The van der Waals surface area contributed by atoms with Gasteiger partial charge in [-0.2, -0.15) is 9.97 Å². The molecule has 1 aromatic heterocycles. The van der Waals surface area contributed by atoms with E-state index in [4.69, 9.17) is 26.1 Å². The van der Waals surface area contributed by atoms with Crippen LogP contribution in [-0.2, 0) is 4.74 Å². The third kappa shape index (κ3) is 4.68. The van der Waals surface area contributed by atoms with Crippen LogP contribution in [0, 0.1) is 11.2 Å². The molecule has 3 aliphatic rings. The molecule has 2 aliphatic heterocycles. The maximum Gasteiger partial charge on any atom is 0.319 e. The first-order valence-corrected chi connectivity index (χ1v) is 12.4. The van der Waals surface area contributed by atoms with Crippen molar-refractivity contribution in [1.29, 1.82) is 0 Å². The van der Waals surface area contributed by atoms with Crippen LogP contribution in [0.15, 0.2) is 10.5 Å². The van der Waals surface area contributed by atoms with Crippen molar-refractivity contribution < 1.29 is 13.9 Å². The van der Waals surface area contributed by atoms with Crippen molar-refractivity contribution >= 4 is 44.3 Å². The molecule has 3 heterocycles. The highest BCUT2D eigenvalue weighted by Gasteiger charge is 2.45. The minimum Gasteiger partial charge on any atom is -0.463 e. The molecular weight excluding hydrogens is 501 g/mol. The highest BCUT2D eigenvalue weighted by atomic mass is 79.9. The van der Waals surface area contributed by atoms with Crippen molar-refractivity contribution in [3.05, 3.63) is 21.4 Å². The number of hydrogen-bond donors (Lipinski definition) is 1. The summed E-state index contributed by atoms with van der Waals surface area (Å²) < 4.78 is 26.9. The number of aromatic nitrogens is 2. The Bertz CT molecular complexity index is 1000. The number of fused-ring (bicyclic) bond motifs is 1. The van der Waals surface area contributed by atoms with Gasteiger partial charge in [0.05, 0.1) is 29.3 Å². The molecule has 2 aromatic rings. The van der Waals surface area contributed by atoms with Gasteiger partial charge in [0.15, 0.2) is 5.82 Å². The quantitative estimate of drug-likeness (QED) is 0.576. The van der Waals surface area contributed by atoms with Crippen molar-refractivity contribution in [3.8, 4) is 6.01 Å².